The summed E-state index contributed by atoms with van der Waals surface area (Å²) in [4.78, 5) is 50.5. The molecule has 0 heterocycles. The molecule has 0 aliphatic carbocycles. The van der Waals surface area contributed by atoms with Crippen LogP contribution in [0.15, 0.2) is 48.5 Å². The molecule has 0 saturated heterocycles. The Kier molecular flexibility index (Phi) is 11.9. The van der Waals surface area contributed by atoms with Crippen LogP contribution in [0.3, 0.4) is 0 Å². The van der Waals surface area contributed by atoms with Crippen LogP contribution >= 0.6 is 0 Å². The number of nitrogens with two attached hydrogens (primary N) is 1. The van der Waals surface area contributed by atoms with Gasteiger partial charge in [0.05, 0.1) is 31.1 Å². The van der Waals surface area contributed by atoms with E-state index in [0.29, 0.717) is 11.1 Å². The molecule has 2 unspecified atom stereocenters. The van der Waals surface area contributed by atoms with Crippen LogP contribution in [0.1, 0.15) is 63.9 Å². The van der Waals surface area contributed by atoms with Gasteiger partial charge in [0, 0.05) is 12.8 Å². The summed E-state index contributed by atoms with van der Waals surface area (Å²) < 4.78 is 21.6. The Morgan fingerprint density at radius 2 is 1.35 bits per heavy atom. The summed E-state index contributed by atoms with van der Waals surface area (Å²) in [7, 11) is 1.22. The maximum absolute atomic E-state index is 12.8. The number of hydrogen-bond acceptors (Lipinski definition) is 9. The van der Waals surface area contributed by atoms with Crippen LogP contribution in [-0.2, 0) is 30.3 Å². The molecule has 218 valence electrons. The molecule has 0 spiro atoms. The summed E-state index contributed by atoms with van der Waals surface area (Å²) in [5.41, 5.74) is 5.83. The highest BCUT2D eigenvalue weighted by Gasteiger charge is 2.36. The highest BCUT2D eigenvalue weighted by molar-refractivity contribution is 5.89. The SMILES string of the molecule is COC(=O)[C@@](N)(CCOC(=O)c1ccccc1)Cc1ccc(OC(=O)C(C)C(C)C)c(OC(=O)C(C)C(C)C)c1. The lowest BCUT2D eigenvalue weighted by molar-refractivity contribution is -0.147. The van der Waals surface area contributed by atoms with Gasteiger partial charge in [-0.25, -0.2) is 4.79 Å². The molecule has 2 N–H and O–H groups in total. The molecule has 0 aliphatic rings. The second kappa shape index (κ2) is 14.6. The zero-order valence-corrected chi connectivity index (χ0v) is 24.4. The fraction of sp³-hybridized carbons (Fsp3) is 0.484. The van der Waals surface area contributed by atoms with Crippen LogP contribution in [0.4, 0.5) is 0 Å². The van der Waals surface area contributed by atoms with E-state index in [4.69, 9.17) is 24.7 Å². The van der Waals surface area contributed by atoms with Gasteiger partial charge in [0.25, 0.3) is 0 Å². The summed E-state index contributed by atoms with van der Waals surface area (Å²) in [5.74, 6) is -2.77. The van der Waals surface area contributed by atoms with E-state index in [2.05, 4.69) is 0 Å². The molecule has 0 radical (unpaired) electrons. The second-order valence-corrected chi connectivity index (χ2v) is 10.8. The molecule has 0 fully saturated rings. The van der Waals surface area contributed by atoms with Crippen molar-refractivity contribution in [1.82, 2.24) is 0 Å². The first kappa shape index (κ1) is 32.5. The standard InChI is InChI=1S/C31H41NO8/c1-19(2)21(5)27(33)39-25-14-13-23(17-26(25)40-28(34)22(6)20(3)4)18-31(32,30(36)37-7)15-16-38-29(35)24-11-9-8-10-12-24/h8-14,17,19-22H,15-16,18,32H2,1-7H3/t21?,22?,31-/m1/s1. The molecule has 2 aromatic rings. The minimum Gasteiger partial charge on any atom is -0.468 e. The third kappa shape index (κ3) is 8.91. The van der Waals surface area contributed by atoms with Crippen molar-refractivity contribution in [3.8, 4) is 11.5 Å². The molecule has 0 aliphatic heterocycles. The van der Waals surface area contributed by atoms with Crippen molar-refractivity contribution >= 4 is 23.9 Å². The maximum Gasteiger partial charge on any atom is 0.338 e. The summed E-state index contributed by atoms with van der Waals surface area (Å²) in [6.07, 6.45) is -0.0517. The van der Waals surface area contributed by atoms with Gasteiger partial charge in [0.15, 0.2) is 11.5 Å². The van der Waals surface area contributed by atoms with E-state index in [-0.39, 0.29) is 48.7 Å². The van der Waals surface area contributed by atoms with E-state index in [1.165, 1.54) is 19.2 Å². The Balaban J connectivity index is 2.31. The number of benzene rings is 2. The van der Waals surface area contributed by atoms with Crippen molar-refractivity contribution < 1.29 is 38.1 Å². The van der Waals surface area contributed by atoms with Gasteiger partial charge in [0.1, 0.15) is 5.54 Å². The number of ether oxygens (including phenoxy) is 4. The van der Waals surface area contributed by atoms with E-state index in [9.17, 15) is 19.2 Å². The van der Waals surface area contributed by atoms with Crippen molar-refractivity contribution in [2.75, 3.05) is 13.7 Å². The molecule has 2 rings (SSSR count). The number of methoxy groups -OCH3 is 1. The number of carbonyl (C=O) groups excluding carboxylic acids is 4. The first-order valence-electron chi connectivity index (χ1n) is 13.4. The highest BCUT2D eigenvalue weighted by Crippen LogP contribution is 2.32. The van der Waals surface area contributed by atoms with Crippen molar-refractivity contribution in [2.24, 2.45) is 29.4 Å². The Bertz CT molecular complexity index is 1180. The van der Waals surface area contributed by atoms with Gasteiger partial charge in [-0.1, -0.05) is 65.8 Å². The highest BCUT2D eigenvalue weighted by atomic mass is 16.6. The van der Waals surface area contributed by atoms with E-state index in [0.717, 1.165) is 0 Å². The van der Waals surface area contributed by atoms with Gasteiger partial charge >= 0.3 is 23.9 Å². The van der Waals surface area contributed by atoms with Crippen LogP contribution in [0, 0.1) is 23.7 Å². The van der Waals surface area contributed by atoms with Crippen LogP contribution in [0.2, 0.25) is 0 Å². The Hall–Kier alpha value is -3.72. The number of esters is 4. The Morgan fingerprint density at radius 3 is 1.88 bits per heavy atom. The minimum absolute atomic E-state index is 0.0243. The molecule has 0 aromatic heterocycles. The fourth-order valence-electron chi connectivity index (χ4n) is 3.59. The topological polar surface area (TPSA) is 131 Å². The second-order valence-electron chi connectivity index (χ2n) is 10.8. The quantitative estimate of drug-likeness (QED) is 0.275. The molecular weight excluding hydrogens is 514 g/mol. The van der Waals surface area contributed by atoms with E-state index >= 15 is 0 Å². The van der Waals surface area contributed by atoms with Gasteiger partial charge in [-0.05, 0) is 41.7 Å². The van der Waals surface area contributed by atoms with Crippen molar-refractivity contribution in [3.63, 3.8) is 0 Å². The number of hydrogen-bond donors (Lipinski definition) is 1. The zero-order valence-electron chi connectivity index (χ0n) is 24.4. The fourth-order valence-corrected chi connectivity index (χ4v) is 3.59. The van der Waals surface area contributed by atoms with Gasteiger partial charge in [-0.15, -0.1) is 0 Å². The van der Waals surface area contributed by atoms with Crippen LogP contribution in [0.5, 0.6) is 11.5 Å². The molecule has 2 aromatic carbocycles. The summed E-state index contributed by atoms with van der Waals surface area (Å²) in [6.45, 7) is 11.0. The number of carbonyl (C=O) groups is 4. The van der Waals surface area contributed by atoms with Crippen LogP contribution < -0.4 is 15.2 Å². The molecule has 9 heteroatoms. The minimum atomic E-state index is -1.55. The first-order chi connectivity index (χ1) is 18.8. The Labute approximate surface area is 236 Å². The smallest absolute Gasteiger partial charge is 0.338 e. The largest absolute Gasteiger partial charge is 0.468 e. The predicted octanol–water partition coefficient (Wildman–Crippen LogP) is 4.74. The molecular formula is C31H41NO8. The lowest BCUT2D eigenvalue weighted by Crippen LogP contribution is -2.51. The first-order valence-corrected chi connectivity index (χ1v) is 13.4. The maximum atomic E-state index is 12.8. The van der Waals surface area contributed by atoms with Gasteiger partial charge in [-0.2, -0.15) is 0 Å². The van der Waals surface area contributed by atoms with Crippen molar-refractivity contribution in [1.29, 1.82) is 0 Å². The van der Waals surface area contributed by atoms with Gasteiger partial charge in [0.2, 0.25) is 0 Å². The molecule has 0 saturated carbocycles. The molecule has 0 bridgehead atoms. The Morgan fingerprint density at radius 1 is 0.800 bits per heavy atom. The summed E-state index contributed by atoms with van der Waals surface area (Å²) in [5, 5.41) is 0. The summed E-state index contributed by atoms with van der Waals surface area (Å²) >= 11 is 0. The lowest BCUT2D eigenvalue weighted by atomic mass is 9.88. The normalized spacial score (nSPS) is 14.2. The summed E-state index contributed by atoms with van der Waals surface area (Å²) in [6, 6.07) is 13.1. The predicted molar refractivity (Wildman–Crippen MR) is 150 cm³/mol. The third-order valence-corrected chi connectivity index (χ3v) is 7.08. The third-order valence-electron chi connectivity index (χ3n) is 7.08. The van der Waals surface area contributed by atoms with Crippen LogP contribution in [-0.4, -0.2) is 43.1 Å². The van der Waals surface area contributed by atoms with E-state index in [1.807, 2.05) is 27.7 Å². The average Bonchev–Trinajstić information content (AvgIpc) is 2.93. The van der Waals surface area contributed by atoms with E-state index < -0.39 is 35.3 Å². The van der Waals surface area contributed by atoms with Crippen molar-refractivity contribution in [3.05, 3.63) is 59.7 Å². The average molecular weight is 556 g/mol. The molecule has 3 atom stereocenters. The molecule has 0 amide bonds. The zero-order chi connectivity index (χ0) is 30.0. The van der Waals surface area contributed by atoms with Gasteiger partial charge < -0.3 is 24.7 Å². The monoisotopic (exact) mass is 555 g/mol. The number of rotatable bonds is 13. The van der Waals surface area contributed by atoms with Gasteiger partial charge in [-0.3, -0.25) is 14.4 Å². The van der Waals surface area contributed by atoms with Crippen molar-refractivity contribution in [2.45, 2.75) is 59.9 Å². The van der Waals surface area contributed by atoms with E-state index in [1.54, 1.807) is 50.2 Å². The lowest BCUT2D eigenvalue weighted by Gasteiger charge is -2.27. The van der Waals surface area contributed by atoms with Crippen LogP contribution in [0.25, 0.3) is 0 Å². The molecule has 9 nitrogen and oxygen atoms in total. The molecule has 40 heavy (non-hydrogen) atoms.